The van der Waals surface area contributed by atoms with Crippen molar-refractivity contribution in [1.82, 2.24) is 0 Å². The Morgan fingerprint density at radius 1 is 1.41 bits per heavy atom. The summed E-state index contributed by atoms with van der Waals surface area (Å²) in [6, 6.07) is 0. The summed E-state index contributed by atoms with van der Waals surface area (Å²) in [5, 5.41) is 0. The van der Waals surface area contributed by atoms with Crippen LogP contribution in [-0.2, 0) is 0 Å². The van der Waals surface area contributed by atoms with Gasteiger partial charge in [0.05, 0.1) is 0 Å². The molecule has 1 heteroatoms. The van der Waals surface area contributed by atoms with Gasteiger partial charge in [-0.2, -0.15) is 0 Å². The van der Waals surface area contributed by atoms with E-state index in [9.17, 15) is 0 Å². The minimum absolute atomic E-state index is 0.507. The van der Waals surface area contributed by atoms with Crippen LogP contribution in [0, 0.1) is 23.2 Å². The topological polar surface area (TPSA) is 0 Å². The zero-order valence-corrected chi connectivity index (χ0v) is 14.2. The van der Waals surface area contributed by atoms with Crippen molar-refractivity contribution in [2.75, 3.05) is 0 Å². The van der Waals surface area contributed by atoms with Crippen LogP contribution in [0.3, 0.4) is 0 Å². The van der Waals surface area contributed by atoms with Crippen molar-refractivity contribution in [3.05, 3.63) is 11.6 Å². The Morgan fingerprint density at radius 2 is 2.06 bits per heavy atom. The van der Waals surface area contributed by atoms with Crippen molar-refractivity contribution in [2.45, 2.75) is 63.7 Å². The Labute approximate surface area is 121 Å². The maximum atomic E-state index is 2.86. The van der Waals surface area contributed by atoms with Crippen LogP contribution < -0.4 is 0 Å². The normalized spacial score (nSPS) is 46.6. The smallest absolute Gasteiger partial charge is 0.0337 e. The molecule has 0 N–H and O–H groups in total. The first-order valence-corrected chi connectivity index (χ1v) is 8.23. The first kappa shape index (κ1) is 13.9. The van der Waals surface area contributed by atoms with Gasteiger partial charge in [-0.1, -0.05) is 61.9 Å². The molecular weight excluding hydrogens is 319 g/mol. The van der Waals surface area contributed by atoms with Crippen molar-refractivity contribution in [3.63, 3.8) is 0 Å². The zero-order valence-electron chi connectivity index (χ0n) is 12.0. The second kappa shape index (κ2) is 4.54. The van der Waals surface area contributed by atoms with Crippen molar-refractivity contribution < 1.29 is 0 Å². The fourth-order valence-corrected chi connectivity index (χ4v) is 6.22. The quantitative estimate of drug-likeness (QED) is 0.329. The van der Waals surface area contributed by atoms with Crippen LogP contribution in [0.15, 0.2) is 11.6 Å². The van der Waals surface area contributed by atoms with Crippen LogP contribution in [-0.4, -0.2) is 3.42 Å². The lowest BCUT2D eigenvalue weighted by Gasteiger charge is -2.47. The first-order valence-electron chi connectivity index (χ1n) is 7.16. The lowest BCUT2D eigenvalue weighted by atomic mass is 9.67. The highest BCUT2D eigenvalue weighted by atomic mass is 127. The maximum Gasteiger partial charge on any atom is 0.0337 e. The molecule has 0 amide bonds. The van der Waals surface area contributed by atoms with Crippen LogP contribution >= 0.6 is 22.6 Å². The fourth-order valence-electron chi connectivity index (χ4n) is 4.47. The molecule has 98 valence electrons. The van der Waals surface area contributed by atoms with Gasteiger partial charge in [0.15, 0.2) is 0 Å². The largest absolute Gasteiger partial charge is 0.0850 e. The molecule has 0 aliphatic heterocycles. The summed E-state index contributed by atoms with van der Waals surface area (Å²) in [5.74, 6) is 2.55. The number of hydrogen-bond donors (Lipinski definition) is 0. The maximum absolute atomic E-state index is 2.86. The Morgan fingerprint density at radius 3 is 2.65 bits per heavy atom. The second-order valence-corrected chi connectivity index (χ2v) is 8.86. The van der Waals surface area contributed by atoms with Gasteiger partial charge in [-0.3, -0.25) is 0 Å². The molecule has 0 nitrogen and oxygen atoms in total. The lowest BCUT2D eigenvalue weighted by molar-refractivity contribution is 0.169. The molecule has 17 heavy (non-hydrogen) atoms. The third kappa shape index (κ3) is 2.01. The van der Waals surface area contributed by atoms with Gasteiger partial charge in [0.25, 0.3) is 0 Å². The van der Waals surface area contributed by atoms with Crippen LogP contribution in [0.2, 0.25) is 0 Å². The number of fused-ring (bicyclic) bond motifs is 1. The second-order valence-electron chi connectivity index (χ2n) is 7.08. The molecule has 0 spiro atoms. The molecule has 2 aliphatic carbocycles. The van der Waals surface area contributed by atoms with E-state index < -0.39 is 0 Å². The number of rotatable bonds is 1. The molecule has 0 bridgehead atoms. The lowest BCUT2D eigenvalue weighted by Crippen LogP contribution is -2.47. The van der Waals surface area contributed by atoms with E-state index in [1.165, 1.54) is 25.7 Å². The van der Waals surface area contributed by atoms with Gasteiger partial charge in [0.1, 0.15) is 0 Å². The molecule has 4 unspecified atom stereocenters. The first-order chi connectivity index (χ1) is 7.81. The predicted octanol–water partition coefficient (Wildman–Crippen LogP) is 5.61. The van der Waals surface area contributed by atoms with Crippen LogP contribution in [0.25, 0.3) is 0 Å². The molecular formula is C16H27I. The summed E-state index contributed by atoms with van der Waals surface area (Å²) in [7, 11) is 0. The number of allylic oxidation sites excluding steroid dienone is 2. The van der Waals surface area contributed by atoms with Gasteiger partial charge in [0, 0.05) is 3.42 Å². The molecule has 1 fully saturated rings. The van der Waals surface area contributed by atoms with E-state index in [2.05, 4.69) is 63.3 Å². The highest BCUT2D eigenvalue weighted by Crippen LogP contribution is 2.64. The van der Waals surface area contributed by atoms with E-state index in [4.69, 9.17) is 0 Å². The summed E-state index contributed by atoms with van der Waals surface area (Å²) in [4.78, 5) is 0. The van der Waals surface area contributed by atoms with Crippen molar-refractivity contribution >= 4 is 22.6 Å². The molecule has 0 heterocycles. The molecule has 2 rings (SSSR count). The Bertz CT molecular complexity index is 330. The number of halogens is 1. The van der Waals surface area contributed by atoms with E-state index in [0.29, 0.717) is 8.84 Å². The summed E-state index contributed by atoms with van der Waals surface area (Å²) in [5.41, 5.74) is 2.14. The minimum atomic E-state index is 0.507. The number of alkyl halides is 1. The molecule has 0 aromatic rings. The average Bonchev–Trinajstić information content (AvgIpc) is 2.46. The summed E-state index contributed by atoms with van der Waals surface area (Å²) >= 11 is 2.86. The summed E-state index contributed by atoms with van der Waals surface area (Å²) in [6.45, 7) is 12.2. The Kier molecular flexibility index (Phi) is 3.71. The van der Waals surface area contributed by atoms with Crippen molar-refractivity contribution in [1.29, 1.82) is 0 Å². The van der Waals surface area contributed by atoms with E-state index in [1.807, 2.05) is 0 Å². The highest BCUT2D eigenvalue weighted by molar-refractivity contribution is 14.1. The van der Waals surface area contributed by atoms with Gasteiger partial charge in [0.2, 0.25) is 0 Å². The molecule has 0 radical (unpaired) electrons. The third-order valence-electron chi connectivity index (χ3n) is 5.52. The molecule has 1 saturated carbocycles. The van der Waals surface area contributed by atoms with E-state index in [0.717, 1.165) is 17.8 Å². The van der Waals surface area contributed by atoms with Crippen LogP contribution in [0.1, 0.15) is 60.3 Å². The average molecular weight is 346 g/mol. The van der Waals surface area contributed by atoms with Gasteiger partial charge in [-0.05, 0) is 55.8 Å². The van der Waals surface area contributed by atoms with E-state index >= 15 is 0 Å². The van der Waals surface area contributed by atoms with E-state index in [-0.39, 0.29) is 0 Å². The van der Waals surface area contributed by atoms with Gasteiger partial charge < -0.3 is 0 Å². The molecule has 0 saturated heterocycles. The molecule has 0 aromatic heterocycles. The van der Waals surface area contributed by atoms with Crippen LogP contribution in [0.4, 0.5) is 0 Å². The van der Waals surface area contributed by atoms with Gasteiger partial charge in [-0.15, -0.1) is 0 Å². The third-order valence-corrected chi connectivity index (χ3v) is 8.69. The van der Waals surface area contributed by atoms with Gasteiger partial charge >= 0.3 is 0 Å². The monoisotopic (exact) mass is 346 g/mol. The zero-order chi connectivity index (χ0) is 12.8. The van der Waals surface area contributed by atoms with Gasteiger partial charge in [-0.25, -0.2) is 0 Å². The molecule has 4 atom stereocenters. The Balaban J connectivity index is 2.42. The minimum Gasteiger partial charge on any atom is -0.0850 e. The van der Waals surface area contributed by atoms with E-state index in [1.54, 1.807) is 5.57 Å². The summed E-state index contributed by atoms with van der Waals surface area (Å²) in [6.07, 6.45) is 8.00. The Hall–Kier alpha value is 0.470. The van der Waals surface area contributed by atoms with Crippen molar-refractivity contribution in [3.8, 4) is 0 Å². The van der Waals surface area contributed by atoms with Crippen molar-refractivity contribution in [2.24, 2.45) is 23.2 Å². The number of hydrogen-bond acceptors (Lipinski definition) is 0. The standard InChI is InChI=1S/C16H27I/c1-11(2)14-7-9-15(5)8-6-12(3)10-13(4)16(14,15)17/h6,11,13-14H,7-10H2,1-5H3. The predicted molar refractivity (Wildman–Crippen MR) is 84.6 cm³/mol. The highest BCUT2D eigenvalue weighted by Gasteiger charge is 2.58. The van der Waals surface area contributed by atoms with Crippen LogP contribution in [0.5, 0.6) is 0 Å². The fraction of sp³-hybridized carbons (Fsp3) is 0.875. The SMILES string of the molecule is CC1=CCC2(C)CCC(C(C)C)C2(I)C(C)C1. The molecule has 0 aromatic carbocycles. The molecule has 2 aliphatic rings. The summed E-state index contributed by atoms with van der Waals surface area (Å²) < 4.78 is 0.507.